The van der Waals surface area contributed by atoms with E-state index in [0.717, 1.165) is 65.2 Å². The average molecular weight is 469 g/mol. The minimum Gasteiger partial charge on any atom is -0.396 e. The zero-order valence-electron chi connectivity index (χ0n) is 19.9. The molecule has 7 nitrogen and oxygen atoms in total. The molecule has 0 radical (unpaired) electrons. The standard InChI is InChI=1S/C23H34N6OS.C2H2/c1-4-10-24-11-9-19-14-26-22(31-19)20-16(3)28-23(27-13-18-6-7-18)29-21(20)25-12-8-17(5-2)15-30;1-2/h9-11,14,17-18,30H,4-8,12-13,15H2,1-3H3,(H2,25,27,28,29);1-2H/b11-9-,24-10?;/t17-;/m0./s1. The van der Waals surface area contributed by atoms with Gasteiger partial charge in [0.15, 0.2) is 0 Å². The highest BCUT2D eigenvalue weighted by Gasteiger charge is 2.22. The van der Waals surface area contributed by atoms with Gasteiger partial charge < -0.3 is 15.7 Å². The third-order valence-corrected chi connectivity index (χ3v) is 6.35. The molecule has 0 aliphatic heterocycles. The summed E-state index contributed by atoms with van der Waals surface area (Å²) >= 11 is 1.60. The molecule has 0 spiro atoms. The van der Waals surface area contributed by atoms with E-state index in [1.165, 1.54) is 12.8 Å². The second-order valence-electron chi connectivity index (χ2n) is 7.98. The summed E-state index contributed by atoms with van der Waals surface area (Å²) in [5.74, 6) is 2.51. The van der Waals surface area contributed by atoms with Crippen LogP contribution in [0.25, 0.3) is 16.6 Å². The highest BCUT2D eigenvalue weighted by molar-refractivity contribution is 7.15. The van der Waals surface area contributed by atoms with Crippen LogP contribution in [0.3, 0.4) is 0 Å². The Balaban J connectivity index is 0.00000187. The van der Waals surface area contributed by atoms with Gasteiger partial charge in [-0.2, -0.15) is 4.98 Å². The van der Waals surface area contributed by atoms with Crippen LogP contribution in [0.4, 0.5) is 11.8 Å². The van der Waals surface area contributed by atoms with Crippen molar-refractivity contribution in [2.45, 2.75) is 52.9 Å². The van der Waals surface area contributed by atoms with Crippen LogP contribution in [0.15, 0.2) is 17.4 Å². The van der Waals surface area contributed by atoms with Crippen LogP contribution in [0.1, 0.15) is 56.5 Å². The number of aliphatic hydroxyl groups excluding tert-OH is 1. The first-order valence-corrected chi connectivity index (χ1v) is 12.4. The fraction of sp³-hybridized carbons (Fsp3) is 0.520. The first-order valence-electron chi connectivity index (χ1n) is 11.6. The van der Waals surface area contributed by atoms with Crippen LogP contribution in [0, 0.1) is 31.6 Å². The third-order valence-electron chi connectivity index (χ3n) is 5.37. The largest absolute Gasteiger partial charge is 0.396 e. The number of nitrogens with one attached hydrogen (secondary N) is 2. The maximum atomic E-state index is 9.49. The molecule has 2 aromatic heterocycles. The molecular weight excluding hydrogens is 432 g/mol. The predicted octanol–water partition coefficient (Wildman–Crippen LogP) is 5.25. The summed E-state index contributed by atoms with van der Waals surface area (Å²) in [5, 5.41) is 17.3. The molecule has 2 aromatic rings. The van der Waals surface area contributed by atoms with Crippen LogP contribution in [0.5, 0.6) is 0 Å². The van der Waals surface area contributed by atoms with E-state index in [2.05, 4.69) is 47.3 Å². The molecule has 0 amide bonds. The Kier molecular flexibility index (Phi) is 11.6. The summed E-state index contributed by atoms with van der Waals surface area (Å²) in [6.07, 6.45) is 20.8. The smallest absolute Gasteiger partial charge is 0.224 e. The number of aromatic nitrogens is 3. The molecule has 1 fully saturated rings. The zero-order valence-corrected chi connectivity index (χ0v) is 20.7. The van der Waals surface area contributed by atoms with Gasteiger partial charge in [0.2, 0.25) is 5.95 Å². The molecule has 1 aliphatic rings. The molecule has 1 aliphatic carbocycles. The van der Waals surface area contributed by atoms with Crippen molar-refractivity contribution in [2.75, 3.05) is 30.3 Å². The number of aryl methyl sites for hydroxylation is 1. The van der Waals surface area contributed by atoms with Crippen molar-refractivity contribution >= 4 is 35.4 Å². The molecule has 1 saturated carbocycles. The first-order chi connectivity index (χ1) is 16.1. The van der Waals surface area contributed by atoms with E-state index in [0.29, 0.717) is 11.9 Å². The lowest BCUT2D eigenvalue weighted by Crippen LogP contribution is -2.15. The predicted molar refractivity (Wildman–Crippen MR) is 141 cm³/mol. The molecule has 1 atom stereocenters. The number of hydrogen-bond acceptors (Lipinski definition) is 8. The van der Waals surface area contributed by atoms with Gasteiger partial charge in [0.1, 0.15) is 10.8 Å². The van der Waals surface area contributed by atoms with Gasteiger partial charge in [-0.05, 0) is 50.5 Å². The number of anilines is 2. The summed E-state index contributed by atoms with van der Waals surface area (Å²) in [7, 11) is 0. The molecule has 0 aromatic carbocycles. The maximum Gasteiger partial charge on any atom is 0.224 e. The Morgan fingerprint density at radius 1 is 1.27 bits per heavy atom. The number of rotatable bonds is 13. The van der Waals surface area contributed by atoms with Gasteiger partial charge in [0.25, 0.3) is 0 Å². The Morgan fingerprint density at radius 3 is 2.73 bits per heavy atom. The Bertz CT molecular complexity index is 928. The summed E-state index contributed by atoms with van der Waals surface area (Å²) in [5.41, 5.74) is 1.84. The summed E-state index contributed by atoms with van der Waals surface area (Å²) in [4.78, 5) is 19.4. The van der Waals surface area contributed by atoms with Crippen molar-refractivity contribution in [1.29, 1.82) is 0 Å². The second kappa shape index (κ2) is 14.4. The normalized spacial score (nSPS) is 14.2. The van der Waals surface area contributed by atoms with Crippen LogP contribution in [-0.4, -0.2) is 46.0 Å². The van der Waals surface area contributed by atoms with E-state index < -0.39 is 0 Å². The average Bonchev–Trinajstić information content (AvgIpc) is 3.56. The Morgan fingerprint density at radius 2 is 2.06 bits per heavy atom. The van der Waals surface area contributed by atoms with Crippen molar-refractivity contribution in [3.05, 3.63) is 23.0 Å². The summed E-state index contributed by atoms with van der Waals surface area (Å²) < 4.78 is 0. The molecular formula is C25H36N6OS. The van der Waals surface area contributed by atoms with Crippen LogP contribution in [-0.2, 0) is 0 Å². The van der Waals surface area contributed by atoms with Crippen molar-refractivity contribution in [3.63, 3.8) is 0 Å². The molecule has 8 heteroatoms. The number of aliphatic hydroxyl groups is 1. The van der Waals surface area contributed by atoms with Crippen molar-refractivity contribution in [1.82, 2.24) is 15.0 Å². The fourth-order valence-electron chi connectivity index (χ4n) is 3.17. The molecule has 2 heterocycles. The van der Waals surface area contributed by atoms with Gasteiger partial charge in [-0.3, -0.25) is 4.99 Å². The monoisotopic (exact) mass is 468 g/mol. The van der Waals surface area contributed by atoms with Gasteiger partial charge in [0, 0.05) is 43.2 Å². The fourth-order valence-corrected chi connectivity index (χ4v) is 4.08. The van der Waals surface area contributed by atoms with E-state index >= 15 is 0 Å². The maximum absolute atomic E-state index is 9.49. The van der Waals surface area contributed by atoms with Gasteiger partial charge in [0.05, 0.1) is 11.3 Å². The lowest BCUT2D eigenvalue weighted by molar-refractivity contribution is 0.217. The lowest BCUT2D eigenvalue weighted by Gasteiger charge is -2.16. The van der Waals surface area contributed by atoms with Gasteiger partial charge >= 0.3 is 0 Å². The SMILES string of the molecule is C#C.CCC=N/C=C\c1cnc(-c2c(C)nc(NCC3CC3)nc2NCC[C@H](CC)CO)s1. The Labute approximate surface area is 201 Å². The van der Waals surface area contributed by atoms with Gasteiger partial charge in [-0.1, -0.05) is 20.3 Å². The number of terminal acetylenes is 1. The van der Waals surface area contributed by atoms with Crippen LogP contribution >= 0.6 is 11.3 Å². The van der Waals surface area contributed by atoms with Crippen LogP contribution < -0.4 is 10.6 Å². The number of thiazole rings is 1. The minimum atomic E-state index is 0.213. The topological polar surface area (TPSA) is 95.3 Å². The molecule has 0 bridgehead atoms. The minimum absolute atomic E-state index is 0.213. The van der Waals surface area contributed by atoms with E-state index in [9.17, 15) is 5.11 Å². The van der Waals surface area contributed by atoms with Gasteiger partial charge in [-0.25, -0.2) is 9.97 Å². The lowest BCUT2D eigenvalue weighted by atomic mass is 10.0. The van der Waals surface area contributed by atoms with E-state index in [4.69, 9.17) is 9.97 Å². The first kappa shape index (κ1) is 26.5. The van der Waals surface area contributed by atoms with Crippen molar-refractivity contribution in [2.24, 2.45) is 16.8 Å². The number of aliphatic imine (C=N–C) groups is 1. The van der Waals surface area contributed by atoms with Crippen molar-refractivity contribution in [3.8, 4) is 23.4 Å². The zero-order chi connectivity index (χ0) is 24.1. The summed E-state index contributed by atoms with van der Waals surface area (Å²) in [6, 6.07) is 0. The molecule has 178 valence electrons. The molecule has 0 saturated heterocycles. The summed E-state index contributed by atoms with van der Waals surface area (Å²) in [6.45, 7) is 8.06. The van der Waals surface area contributed by atoms with Crippen molar-refractivity contribution < 1.29 is 5.11 Å². The highest BCUT2D eigenvalue weighted by Crippen LogP contribution is 2.34. The number of hydrogen-bond donors (Lipinski definition) is 3. The number of nitrogens with zero attached hydrogens (tertiary/aromatic N) is 4. The second-order valence-corrected chi connectivity index (χ2v) is 9.04. The van der Waals surface area contributed by atoms with E-state index in [-0.39, 0.29) is 6.61 Å². The van der Waals surface area contributed by atoms with Gasteiger partial charge in [-0.15, -0.1) is 24.2 Å². The molecule has 33 heavy (non-hydrogen) atoms. The molecule has 0 unspecified atom stereocenters. The van der Waals surface area contributed by atoms with E-state index in [1.54, 1.807) is 17.5 Å². The molecule has 3 N–H and O–H groups in total. The quantitative estimate of drug-likeness (QED) is 0.274. The Hall–Kier alpha value is -2.76. The third kappa shape index (κ3) is 8.60. The van der Waals surface area contributed by atoms with Crippen LogP contribution in [0.2, 0.25) is 0 Å². The van der Waals surface area contributed by atoms with E-state index in [1.807, 2.05) is 25.4 Å². The molecule has 3 rings (SSSR count). The highest BCUT2D eigenvalue weighted by atomic mass is 32.1.